The van der Waals surface area contributed by atoms with Crippen LogP contribution in [-0.2, 0) is 39.9 Å². The van der Waals surface area contributed by atoms with Gasteiger partial charge in [0.05, 0.1) is 11.5 Å². The number of carbonyl (C=O) groups is 4. The maximum atomic E-state index is 15.3. The summed E-state index contributed by atoms with van der Waals surface area (Å²) in [5, 5.41) is 0. The van der Waals surface area contributed by atoms with E-state index in [9.17, 15) is 19.2 Å². The third-order valence-corrected chi connectivity index (χ3v) is 17.3. The topological polar surface area (TPSA) is 149 Å². The summed E-state index contributed by atoms with van der Waals surface area (Å²) >= 11 is 0. The van der Waals surface area contributed by atoms with Crippen molar-refractivity contribution in [3.63, 3.8) is 0 Å². The molecule has 63 heavy (non-hydrogen) atoms. The molecule has 1 aromatic heterocycles. The van der Waals surface area contributed by atoms with E-state index >= 15 is 4.79 Å². The monoisotopic (exact) mass is 864 g/mol. The van der Waals surface area contributed by atoms with Gasteiger partial charge in [-0.2, -0.15) is 0 Å². The van der Waals surface area contributed by atoms with Crippen molar-refractivity contribution >= 4 is 23.9 Å². The summed E-state index contributed by atoms with van der Waals surface area (Å²) in [7, 11) is 0. The van der Waals surface area contributed by atoms with E-state index in [1.165, 1.54) is 0 Å². The Labute approximate surface area is 370 Å². The maximum Gasteiger partial charge on any atom is 0.519 e. The molecule has 10 atom stereocenters. The summed E-state index contributed by atoms with van der Waals surface area (Å²) < 4.78 is 34.0. The van der Waals surface area contributed by atoms with E-state index in [0.29, 0.717) is 38.5 Å². The lowest BCUT2D eigenvalue weighted by Crippen LogP contribution is -2.68. The number of aryl methyl sites for hydroxylation is 1. The fourth-order valence-electron chi connectivity index (χ4n) is 13.4. The molecular formula is C52H64O11. The summed E-state index contributed by atoms with van der Waals surface area (Å²) in [6.45, 7) is 17.6. The molecule has 0 radical (unpaired) electrons. The van der Waals surface area contributed by atoms with Gasteiger partial charge in [0.2, 0.25) is 0 Å². The molecule has 8 rings (SSSR count). The molecule has 0 aliphatic heterocycles. The molecule has 4 fully saturated rings. The van der Waals surface area contributed by atoms with Crippen molar-refractivity contribution in [2.75, 3.05) is 0 Å². The van der Waals surface area contributed by atoms with Gasteiger partial charge in [-0.05, 0) is 143 Å². The average molecular weight is 865 g/mol. The molecule has 0 saturated heterocycles. The summed E-state index contributed by atoms with van der Waals surface area (Å²) in [6, 6.07) is 19.8. The van der Waals surface area contributed by atoms with E-state index in [2.05, 4.69) is 34.6 Å². The standard InChI is InChI=1S/C52H64O11/c1-31(2)59-45(56)62-40-21-22-49(6)39(52(40,9)44(55)58-30-38-32(3)60-46(57)61-38)20-23-51(8)42(49)37(53)28-35-36-29-48(5,25-24-47(36,4)26-27-50(35,51)7)43(54)63-41(33-16-12-10-13-17-33)34-18-14-11-15-19-34/h10-19,28,31,36,39-42H,20-27,29-30H2,1-9H3/t36-,39+,40-,42+,47+,48-,49-,50+,51+,52-/m0/s1. The number of allylic oxidation sites excluding steroid dienone is 2. The number of hydrogen-bond acceptors (Lipinski definition) is 11. The van der Waals surface area contributed by atoms with E-state index in [-0.39, 0.29) is 46.6 Å². The van der Waals surface area contributed by atoms with Crippen molar-refractivity contribution in [2.24, 2.45) is 50.2 Å². The first-order chi connectivity index (χ1) is 29.7. The van der Waals surface area contributed by atoms with Crippen LogP contribution in [0.15, 0.2) is 85.9 Å². The number of ketones is 1. The lowest BCUT2D eigenvalue weighted by molar-refractivity contribution is -0.220. The van der Waals surface area contributed by atoms with Gasteiger partial charge in [0.25, 0.3) is 0 Å². The van der Waals surface area contributed by atoms with Crippen molar-refractivity contribution in [1.29, 1.82) is 0 Å². The van der Waals surface area contributed by atoms with E-state index in [4.69, 9.17) is 27.8 Å². The van der Waals surface area contributed by atoms with Crippen LogP contribution in [0.3, 0.4) is 0 Å². The quantitative estimate of drug-likeness (QED) is 0.149. The Hall–Kier alpha value is -4.93. The van der Waals surface area contributed by atoms with Crippen LogP contribution in [0.2, 0.25) is 0 Å². The largest absolute Gasteiger partial charge is 0.519 e. The Balaban J connectivity index is 1.12. The molecule has 0 N–H and O–H groups in total. The highest BCUT2D eigenvalue weighted by Gasteiger charge is 2.72. The van der Waals surface area contributed by atoms with E-state index < -0.39 is 69.8 Å². The van der Waals surface area contributed by atoms with Gasteiger partial charge in [0, 0.05) is 5.92 Å². The Kier molecular flexibility index (Phi) is 11.3. The zero-order chi connectivity index (χ0) is 45.3. The van der Waals surface area contributed by atoms with Gasteiger partial charge in [-0.1, -0.05) is 93.9 Å². The second kappa shape index (κ2) is 15.9. The third-order valence-electron chi connectivity index (χ3n) is 17.3. The van der Waals surface area contributed by atoms with Crippen LogP contribution in [-0.4, -0.2) is 36.1 Å². The molecule has 11 nitrogen and oxygen atoms in total. The number of ether oxygens (including phenoxy) is 4. The van der Waals surface area contributed by atoms with Gasteiger partial charge >= 0.3 is 23.9 Å². The first-order valence-corrected chi connectivity index (χ1v) is 22.9. The van der Waals surface area contributed by atoms with Gasteiger partial charge in [0.15, 0.2) is 30.0 Å². The Morgan fingerprint density at radius 3 is 2.00 bits per heavy atom. The average Bonchev–Trinajstić information content (AvgIpc) is 3.57. The molecule has 0 spiro atoms. The smallest absolute Gasteiger partial charge is 0.457 e. The SMILES string of the molecule is Cc1oc(=O)oc1COC(=O)[C@]1(C)[C@@H](OC(=O)OC(C)C)CC[C@@]2(C)[C@H]1CC[C@]1(C)[C@@H]2C(=O)C=C2[C@@H]3C[C@@](C)(C(=O)OC(c4ccccc4)c4ccccc4)CC[C@]3(C)CC[C@]21C. The molecule has 0 unspecified atom stereocenters. The van der Waals surface area contributed by atoms with Crippen molar-refractivity contribution in [3.8, 4) is 0 Å². The Morgan fingerprint density at radius 2 is 1.40 bits per heavy atom. The lowest BCUT2D eigenvalue weighted by Gasteiger charge is -2.70. The van der Waals surface area contributed by atoms with Crippen LogP contribution >= 0.6 is 0 Å². The van der Waals surface area contributed by atoms with Crippen molar-refractivity contribution in [3.05, 3.63) is 106 Å². The molecule has 3 aromatic rings. The molecule has 11 heteroatoms. The maximum absolute atomic E-state index is 15.3. The van der Waals surface area contributed by atoms with Crippen molar-refractivity contribution in [1.82, 2.24) is 0 Å². The summed E-state index contributed by atoms with van der Waals surface area (Å²) in [6.07, 6.45) is 5.27. The number of fused-ring (bicyclic) bond motifs is 7. The number of esters is 2. The van der Waals surface area contributed by atoms with Gasteiger partial charge in [-0.3, -0.25) is 14.4 Å². The zero-order valence-corrected chi connectivity index (χ0v) is 38.4. The third kappa shape index (κ3) is 7.29. The summed E-state index contributed by atoms with van der Waals surface area (Å²) in [5.41, 5.74) is -0.797. The second-order valence-electron chi connectivity index (χ2n) is 21.2. The van der Waals surface area contributed by atoms with Crippen LogP contribution in [0.4, 0.5) is 4.79 Å². The lowest BCUT2D eigenvalue weighted by atomic mass is 9.33. The van der Waals surface area contributed by atoms with Crippen LogP contribution in [0, 0.1) is 57.2 Å². The van der Waals surface area contributed by atoms with E-state index in [1.807, 2.05) is 66.7 Å². The van der Waals surface area contributed by atoms with E-state index in [0.717, 1.165) is 36.0 Å². The molecule has 0 bridgehead atoms. The molecule has 5 aliphatic carbocycles. The highest BCUT2D eigenvalue weighted by molar-refractivity contribution is 5.96. The van der Waals surface area contributed by atoms with Crippen LogP contribution < -0.4 is 5.82 Å². The summed E-state index contributed by atoms with van der Waals surface area (Å²) in [5.74, 6) is -2.23. The first-order valence-electron chi connectivity index (χ1n) is 22.9. The van der Waals surface area contributed by atoms with Crippen LogP contribution in [0.5, 0.6) is 0 Å². The molecule has 4 saturated carbocycles. The highest BCUT2D eigenvalue weighted by atomic mass is 16.7. The normalized spacial score (nSPS) is 35.9. The van der Waals surface area contributed by atoms with Crippen LogP contribution in [0.25, 0.3) is 0 Å². The van der Waals surface area contributed by atoms with Crippen LogP contribution in [0.1, 0.15) is 142 Å². The van der Waals surface area contributed by atoms with Crippen molar-refractivity contribution < 1.29 is 47.0 Å². The fraction of sp³-hybridized carbons (Fsp3) is 0.596. The second-order valence-corrected chi connectivity index (χ2v) is 21.2. The predicted octanol–water partition coefficient (Wildman–Crippen LogP) is 10.8. The number of carbonyl (C=O) groups excluding carboxylic acids is 4. The zero-order valence-electron chi connectivity index (χ0n) is 38.4. The number of rotatable bonds is 9. The minimum absolute atomic E-state index is 0.00974. The van der Waals surface area contributed by atoms with Crippen molar-refractivity contribution in [2.45, 2.75) is 145 Å². The molecule has 2 aromatic carbocycles. The Morgan fingerprint density at radius 1 is 0.762 bits per heavy atom. The summed E-state index contributed by atoms with van der Waals surface area (Å²) in [4.78, 5) is 69.5. The first kappa shape index (κ1) is 44.7. The molecule has 0 amide bonds. The molecule has 5 aliphatic rings. The molecule has 1 heterocycles. The minimum Gasteiger partial charge on any atom is -0.457 e. The number of benzene rings is 2. The van der Waals surface area contributed by atoms with Gasteiger partial charge in [-0.25, -0.2) is 9.59 Å². The molecule has 338 valence electrons. The van der Waals surface area contributed by atoms with Gasteiger partial charge in [0.1, 0.15) is 11.5 Å². The fourth-order valence-corrected chi connectivity index (χ4v) is 13.4. The predicted molar refractivity (Wildman–Crippen MR) is 233 cm³/mol. The van der Waals surface area contributed by atoms with Gasteiger partial charge in [-0.15, -0.1) is 0 Å². The van der Waals surface area contributed by atoms with Gasteiger partial charge < -0.3 is 27.8 Å². The van der Waals surface area contributed by atoms with E-state index in [1.54, 1.807) is 27.7 Å². The molecular weight excluding hydrogens is 801 g/mol. The Bertz CT molecular complexity index is 2300. The minimum atomic E-state index is -1.37. The highest BCUT2D eigenvalue weighted by Crippen LogP contribution is 2.75. The number of hydrogen-bond donors (Lipinski definition) is 0.